The SMILES string of the molecule is CCCCCCOc1ccc(C)cc1[B-](F)(F)F. The molecule has 0 saturated heterocycles. The van der Waals surface area contributed by atoms with E-state index in [0.29, 0.717) is 12.2 Å². The molecule has 0 spiro atoms. The van der Waals surface area contributed by atoms with Crippen LogP contribution >= 0.6 is 0 Å². The van der Waals surface area contributed by atoms with Gasteiger partial charge in [0.15, 0.2) is 0 Å². The molecule has 0 fully saturated rings. The fraction of sp³-hybridized carbons (Fsp3) is 0.538. The van der Waals surface area contributed by atoms with Crippen molar-refractivity contribution >= 4 is 12.4 Å². The maximum atomic E-state index is 12.8. The molecule has 0 N–H and O–H groups in total. The van der Waals surface area contributed by atoms with E-state index in [-0.39, 0.29) is 5.75 Å². The highest BCUT2D eigenvalue weighted by molar-refractivity contribution is 6.74. The molecule has 1 nitrogen and oxygen atoms in total. The summed E-state index contributed by atoms with van der Waals surface area (Å²) in [5.41, 5.74) is -0.0203. The Morgan fingerprint density at radius 1 is 1.11 bits per heavy atom. The van der Waals surface area contributed by atoms with Crippen LogP contribution in [0, 0.1) is 6.92 Å². The number of hydrogen-bond acceptors (Lipinski definition) is 1. The first-order chi connectivity index (χ1) is 8.45. The minimum Gasteiger partial charge on any atom is -0.497 e. The Kier molecular flexibility index (Phi) is 5.57. The van der Waals surface area contributed by atoms with E-state index in [1.807, 2.05) is 0 Å². The molecule has 5 heteroatoms. The number of ether oxygens (including phenoxy) is 1. The lowest BCUT2D eigenvalue weighted by Crippen LogP contribution is -2.35. The van der Waals surface area contributed by atoms with Crippen molar-refractivity contribution < 1.29 is 17.7 Å². The first kappa shape index (κ1) is 14.9. The van der Waals surface area contributed by atoms with Crippen molar-refractivity contribution in [2.75, 3.05) is 6.61 Å². The van der Waals surface area contributed by atoms with Crippen LogP contribution in [0.25, 0.3) is 0 Å². The molecule has 0 unspecified atom stereocenters. The molecular formula is C13H19BF3O-. The molecular weight excluding hydrogens is 240 g/mol. The van der Waals surface area contributed by atoms with Crippen LogP contribution in [-0.2, 0) is 0 Å². The van der Waals surface area contributed by atoms with E-state index in [9.17, 15) is 12.9 Å². The van der Waals surface area contributed by atoms with E-state index < -0.39 is 12.4 Å². The third-order valence-electron chi connectivity index (χ3n) is 2.77. The van der Waals surface area contributed by atoms with Gasteiger partial charge in [-0.2, -0.15) is 0 Å². The number of aryl methyl sites for hydroxylation is 1. The summed E-state index contributed by atoms with van der Waals surface area (Å²) in [5, 5.41) is 0. The molecule has 1 aromatic rings. The second kappa shape index (κ2) is 6.71. The van der Waals surface area contributed by atoms with Crippen molar-refractivity contribution in [3.8, 4) is 5.75 Å². The maximum Gasteiger partial charge on any atom is 0.513 e. The summed E-state index contributed by atoms with van der Waals surface area (Å²) in [6.45, 7) is -0.923. The van der Waals surface area contributed by atoms with Gasteiger partial charge in [0.1, 0.15) is 0 Å². The van der Waals surface area contributed by atoms with Gasteiger partial charge in [0.25, 0.3) is 0 Å². The highest BCUT2D eigenvalue weighted by Crippen LogP contribution is 2.19. The van der Waals surface area contributed by atoms with Gasteiger partial charge in [0.05, 0.1) is 12.4 Å². The van der Waals surface area contributed by atoms with E-state index in [4.69, 9.17) is 4.74 Å². The molecule has 102 valence electrons. The van der Waals surface area contributed by atoms with Crippen molar-refractivity contribution in [1.29, 1.82) is 0 Å². The maximum absolute atomic E-state index is 12.8. The van der Waals surface area contributed by atoms with Gasteiger partial charge in [-0.15, -0.1) is 0 Å². The van der Waals surface area contributed by atoms with E-state index in [2.05, 4.69) is 6.92 Å². The van der Waals surface area contributed by atoms with Crippen molar-refractivity contribution in [1.82, 2.24) is 0 Å². The largest absolute Gasteiger partial charge is 0.513 e. The zero-order valence-electron chi connectivity index (χ0n) is 10.9. The zero-order chi connectivity index (χ0) is 13.6. The molecule has 0 aromatic heterocycles. The molecule has 0 radical (unpaired) electrons. The van der Waals surface area contributed by atoms with E-state index in [1.54, 1.807) is 13.0 Å². The molecule has 0 aliphatic rings. The molecule has 0 aliphatic carbocycles. The van der Waals surface area contributed by atoms with Crippen LogP contribution in [-0.4, -0.2) is 13.6 Å². The Bertz CT molecular complexity index is 377. The van der Waals surface area contributed by atoms with Crippen LogP contribution < -0.4 is 10.2 Å². The number of unbranched alkanes of at least 4 members (excludes halogenated alkanes) is 3. The lowest BCUT2D eigenvalue weighted by atomic mass is 9.78. The highest BCUT2D eigenvalue weighted by Gasteiger charge is 2.29. The van der Waals surface area contributed by atoms with Gasteiger partial charge in [0, 0.05) is 0 Å². The zero-order valence-corrected chi connectivity index (χ0v) is 10.9. The summed E-state index contributed by atoms with van der Waals surface area (Å²) in [6.07, 6.45) is 3.98. The third-order valence-corrected chi connectivity index (χ3v) is 2.77. The average Bonchev–Trinajstić information content (AvgIpc) is 2.29. The standard InChI is InChI=1S/C13H19BF3O/c1-3-4-5-6-9-18-13-8-7-11(2)10-12(13)14(15,16)17/h7-8,10H,3-6,9H2,1-2H3/q-1. The molecule has 0 atom stereocenters. The summed E-state index contributed by atoms with van der Waals surface area (Å²) in [4.78, 5) is 0. The van der Waals surface area contributed by atoms with Gasteiger partial charge in [-0.1, -0.05) is 49.3 Å². The Morgan fingerprint density at radius 2 is 1.83 bits per heavy atom. The monoisotopic (exact) mass is 259 g/mol. The Morgan fingerprint density at radius 3 is 2.44 bits per heavy atom. The lowest BCUT2D eigenvalue weighted by molar-refractivity contribution is 0.305. The lowest BCUT2D eigenvalue weighted by Gasteiger charge is -2.20. The number of rotatable bonds is 7. The molecule has 0 amide bonds. The van der Waals surface area contributed by atoms with Gasteiger partial charge in [-0.05, 0) is 19.4 Å². The minimum atomic E-state index is -5.01. The fourth-order valence-electron chi connectivity index (χ4n) is 1.77. The van der Waals surface area contributed by atoms with E-state index >= 15 is 0 Å². The fourth-order valence-corrected chi connectivity index (χ4v) is 1.77. The van der Waals surface area contributed by atoms with Crippen LogP contribution in [0.2, 0.25) is 0 Å². The summed E-state index contributed by atoms with van der Waals surface area (Å²) in [7, 11) is 0. The van der Waals surface area contributed by atoms with Gasteiger partial charge in [-0.25, -0.2) is 0 Å². The predicted molar refractivity (Wildman–Crippen MR) is 69.5 cm³/mol. The Balaban J connectivity index is 2.65. The molecule has 1 aromatic carbocycles. The van der Waals surface area contributed by atoms with Gasteiger partial charge in [0.2, 0.25) is 0 Å². The highest BCUT2D eigenvalue weighted by atomic mass is 19.4. The van der Waals surface area contributed by atoms with Crippen LogP contribution in [0.1, 0.15) is 38.2 Å². The number of hydrogen-bond donors (Lipinski definition) is 0. The molecule has 0 bridgehead atoms. The second-order valence-corrected chi connectivity index (χ2v) is 4.53. The normalized spacial score (nSPS) is 11.6. The molecule has 0 saturated carbocycles. The Labute approximate surface area is 106 Å². The van der Waals surface area contributed by atoms with Crippen LogP contribution in [0.5, 0.6) is 5.75 Å². The van der Waals surface area contributed by atoms with Gasteiger partial charge < -0.3 is 17.7 Å². The average molecular weight is 259 g/mol. The van der Waals surface area contributed by atoms with Crippen molar-refractivity contribution in [2.24, 2.45) is 0 Å². The van der Waals surface area contributed by atoms with Crippen LogP contribution in [0.15, 0.2) is 18.2 Å². The quantitative estimate of drug-likeness (QED) is 0.531. The van der Waals surface area contributed by atoms with E-state index in [0.717, 1.165) is 31.7 Å². The number of halogens is 3. The van der Waals surface area contributed by atoms with Gasteiger partial charge >= 0.3 is 6.98 Å². The topological polar surface area (TPSA) is 9.23 Å². The number of benzene rings is 1. The second-order valence-electron chi connectivity index (χ2n) is 4.53. The summed E-state index contributed by atoms with van der Waals surface area (Å²) >= 11 is 0. The molecule has 0 heterocycles. The Hall–Kier alpha value is -1.13. The first-order valence-electron chi connectivity index (χ1n) is 6.38. The van der Waals surface area contributed by atoms with E-state index in [1.165, 1.54) is 6.07 Å². The minimum absolute atomic E-state index is 0.0374. The first-order valence-corrected chi connectivity index (χ1v) is 6.38. The molecule has 1 rings (SSSR count). The smallest absolute Gasteiger partial charge is 0.497 e. The van der Waals surface area contributed by atoms with Crippen LogP contribution in [0.4, 0.5) is 12.9 Å². The third kappa shape index (κ3) is 4.63. The van der Waals surface area contributed by atoms with Gasteiger partial charge in [-0.3, -0.25) is 0 Å². The van der Waals surface area contributed by atoms with Crippen LogP contribution in [0.3, 0.4) is 0 Å². The summed E-state index contributed by atoms with van der Waals surface area (Å²) < 4.78 is 43.8. The summed E-state index contributed by atoms with van der Waals surface area (Å²) in [6, 6.07) is 4.22. The summed E-state index contributed by atoms with van der Waals surface area (Å²) in [5.74, 6) is -0.0374. The van der Waals surface area contributed by atoms with Crippen molar-refractivity contribution in [3.63, 3.8) is 0 Å². The van der Waals surface area contributed by atoms with Crippen molar-refractivity contribution in [2.45, 2.75) is 39.5 Å². The molecule has 18 heavy (non-hydrogen) atoms. The molecule has 0 aliphatic heterocycles. The predicted octanol–water partition coefficient (Wildman–Crippen LogP) is 4.01. The van der Waals surface area contributed by atoms with Crippen molar-refractivity contribution in [3.05, 3.63) is 23.8 Å².